The van der Waals surface area contributed by atoms with Crippen LogP contribution in [-0.4, -0.2) is 58.8 Å². The Balaban J connectivity index is 1.43. The lowest BCUT2D eigenvalue weighted by molar-refractivity contribution is 0.0753. The van der Waals surface area contributed by atoms with E-state index in [-0.39, 0.29) is 17.2 Å². The maximum absolute atomic E-state index is 13.1. The van der Waals surface area contributed by atoms with Gasteiger partial charge in [-0.05, 0) is 42.3 Å². The Kier molecular flexibility index (Phi) is 6.43. The van der Waals surface area contributed by atoms with Gasteiger partial charge in [-0.2, -0.15) is 9.78 Å². The minimum atomic E-state index is -0.260. The molecule has 0 N–H and O–H groups in total. The predicted octanol–water partition coefficient (Wildman–Crippen LogP) is 2.59. The highest BCUT2D eigenvalue weighted by Gasteiger charge is 2.22. The number of benzene rings is 2. The van der Waals surface area contributed by atoms with Crippen LogP contribution >= 0.6 is 0 Å². The number of nitrogens with zero attached hydrogens (tertiary/aromatic N) is 4. The highest BCUT2D eigenvalue weighted by atomic mass is 16.5. The van der Waals surface area contributed by atoms with Crippen molar-refractivity contribution >= 4 is 5.91 Å². The van der Waals surface area contributed by atoms with Crippen LogP contribution in [0.4, 0.5) is 0 Å². The van der Waals surface area contributed by atoms with Crippen molar-refractivity contribution in [2.45, 2.75) is 13.0 Å². The highest BCUT2D eigenvalue weighted by molar-refractivity contribution is 5.92. The second kappa shape index (κ2) is 9.57. The molecule has 1 aliphatic heterocycles. The lowest BCUT2D eigenvalue weighted by Gasteiger charge is -2.22. The van der Waals surface area contributed by atoms with Gasteiger partial charge in [0, 0.05) is 38.8 Å². The van der Waals surface area contributed by atoms with Gasteiger partial charge in [0.15, 0.2) is 0 Å². The van der Waals surface area contributed by atoms with E-state index in [9.17, 15) is 9.59 Å². The molecule has 0 spiro atoms. The van der Waals surface area contributed by atoms with Gasteiger partial charge in [-0.15, -0.1) is 0 Å². The summed E-state index contributed by atoms with van der Waals surface area (Å²) >= 11 is 0. The first kappa shape index (κ1) is 20.8. The molecule has 0 saturated carbocycles. The van der Waals surface area contributed by atoms with Gasteiger partial charge < -0.3 is 9.64 Å². The molecule has 0 atom stereocenters. The molecule has 2 aromatic carbocycles. The fourth-order valence-corrected chi connectivity index (χ4v) is 3.76. The van der Waals surface area contributed by atoms with Crippen molar-refractivity contribution in [1.82, 2.24) is 19.6 Å². The average Bonchev–Trinajstić information content (AvgIpc) is 3.05. The van der Waals surface area contributed by atoms with Crippen LogP contribution in [0.3, 0.4) is 0 Å². The topological polar surface area (TPSA) is 67.7 Å². The molecule has 160 valence electrons. The van der Waals surface area contributed by atoms with Crippen molar-refractivity contribution < 1.29 is 9.53 Å². The SMILES string of the molecule is COc1ccc(CN2CCCN(C(=O)c3ccc(=O)n(-c4ccccc4)n3)CC2)cc1. The first-order chi connectivity index (χ1) is 15.1. The number of aromatic nitrogens is 2. The Morgan fingerprint density at radius 1 is 0.935 bits per heavy atom. The first-order valence-corrected chi connectivity index (χ1v) is 10.4. The van der Waals surface area contributed by atoms with E-state index in [4.69, 9.17) is 4.74 Å². The fourth-order valence-electron chi connectivity index (χ4n) is 3.76. The molecule has 4 rings (SSSR count). The highest BCUT2D eigenvalue weighted by Crippen LogP contribution is 2.15. The third-order valence-corrected chi connectivity index (χ3v) is 5.46. The maximum Gasteiger partial charge on any atom is 0.274 e. The van der Waals surface area contributed by atoms with E-state index in [1.807, 2.05) is 35.2 Å². The zero-order valence-corrected chi connectivity index (χ0v) is 17.6. The van der Waals surface area contributed by atoms with Gasteiger partial charge in [0.05, 0.1) is 12.8 Å². The normalized spacial score (nSPS) is 14.8. The summed E-state index contributed by atoms with van der Waals surface area (Å²) in [6.07, 6.45) is 0.889. The Hall–Kier alpha value is -3.45. The van der Waals surface area contributed by atoms with Crippen LogP contribution in [0.25, 0.3) is 5.69 Å². The zero-order chi connectivity index (χ0) is 21.6. The van der Waals surface area contributed by atoms with Gasteiger partial charge >= 0.3 is 0 Å². The van der Waals surface area contributed by atoms with Gasteiger partial charge in [-0.3, -0.25) is 14.5 Å². The van der Waals surface area contributed by atoms with Gasteiger partial charge in [-0.25, -0.2) is 0 Å². The molecule has 7 heteroatoms. The number of methoxy groups -OCH3 is 1. The maximum atomic E-state index is 13.1. The summed E-state index contributed by atoms with van der Waals surface area (Å²) in [6.45, 7) is 3.84. The molecule has 1 aromatic heterocycles. The third-order valence-electron chi connectivity index (χ3n) is 5.46. The van der Waals surface area contributed by atoms with E-state index in [1.165, 1.54) is 22.4 Å². The van der Waals surface area contributed by atoms with Gasteiger partial charge in [-0.1, -0.05) is 30.3 Å². The summed E-state index contributed by atoms with van der Waals surface area (Å²) in [5, 5.41) is 4.34. The lowest BCUT2D eigenvalue weighted by Crippen LogP contribution is -2.36. The number of ether oxygens (including phenoxy) is 1. The van der Waals surface area contributed by atoms with Crippen LogP contribution in [0.5, 0.6) is 5.75 Å². The minimum absolute atomic E-state index is 0.143. The Morgan fingerprint density at radius 3 is 2.45 bits per heavy atom. The molecule has 1 fully saturated rings. The molecular weight excluding hydrogens is 392 g/mol. The van der Waals surface area contributed by atoms with Crippen molar-refractivity contribution in [2.24, 2.45) is 0 Å². The smallest absolute Gasteiger partial charge is 0.274 e. The predicted molar refractivity (Wildman–Crippen MR) is 119 cm³/mol. The first-order valence-electron chi connectivity index (χ1n) is 10.4. The van der Waals surface area contributed by atoms with Crippen LogP contribution in [0.2, 0.25) is 0 Å². The number of rotatable bonds is 5. The molecule has 0 aliphatic carbocycles. The summed E-state index contributed by atoms with van der Waals surface area (Å²) in [5.74, 6) is 0.705. The number of hydrogen-bond acceptors (Lipinski definition) is 5. The third kappa shape index (κ3) is 5.00. The molecule has 31 heavy (non-hydrogen) atoms. The summed E-state index contributed by atoms with van der Waals surface area (Å²) in [4.78, 5) is 29.5. The van der Waals surface area contributed by atoms with Crippen molar-refractivity contribution in [3.8, 4) is 11.4 Å². The van der Waals surface area contributed by atoms with Gasteiger partial charge in [0.25, 0.3) is 11.5 Å². The number of carbonyl (C=O) groups excluding carboxylic acids is 1. The van der Waals surface area contributed by atoms with Gasteiger partial charge in [0.1, 0.15) is 11.4 Å². The second-order valence-electron chi connectivity index (χ2n) is 7.57. The molecule has 1 saturated heterocycles. The molecule has 0 radical (unpaired) electrons. The molecule has 7 nitrogen and oxygen atoms in total. The summed E-state index contributed by atoms with van der Waals surface area (Å²) in [7, 11) is 1.66. The van der Waals surface area contributed by atoms with Gasteiger partial charge in [0.2, 0.25) is 0 Å². The van der Waals surface area contributed by atoms with E-state index in [0.29, 0.717) is 18.8 Å². The second-order valence-corrected chi connectivity index (χ2v) is 7.57. The van der Waals surface area contributed by atoms with Crippen LogP contribution < -0.4 is 10.3 Å². The lowest BCUT2D eigenvalue weighted by atomic mass is 10.2. The monoisotopic (exact) mass is 418 g/mol. The molecule has 0 bridgehead atoms. The van der Waals surface area contributed by atoms with Crippen LogP contribution in [-0.2, 0) is 6.54 Å². The Labute approximate surface area is 181 Å². The summed E-state index contributed by atoms with van der Waals surface area (Å²) in [6, 6.07) is 20.1. The fraction of sp³-hybridized carbons (Fsp3) is 0.292. The Bertz CT molecular complexity index is 1080. The van der Waals surface area contributed by atoms with E-state index >= 15 is 0 Å². The van der Waals surface area contributed by atoms with Crippen molar-refractivity contribution in [1.29, 1.82) is 0 Å². The zero-order valence-electron chi connectivity index (χ0n) is 17.6. The molecule has 1 amide bonds. The standard InChI is InChI=1S/C24H26N4O3/c1-31-21-10-8-19(9-11-21)18-26-14-5-15-27(17-16-26)24(30)22-12-13-23(29)28(25-22)20-6-3-2-4-7-20/h2-4,6-13H,5,14-18H2,1H3. The van der Waals surface area contributed by atoms with Crippen molar-refractivity contribution in [3.63, 3.8) is 0 Å². The molecule has 3 aromatic rings. The molecular formula is C24H26N4O3. The minimum Gasteiger partial charge on any atom is -0.497 e. The quantitative estimate of drug-likeness (QED) is 0.637. The van der Waals surface area contributed by atoms with E-state index in [1.54, 1.807) is 19.2 Å². The average molecular weight is 418 g/mol. The van der Waals surface area contributed by atoms with E-state index in [2.05, 4.69) is 22.1 Å². The number of hydrogen-bond donors (Lipinski definition) is 0. The molecule has 0 unspecified atom stereocenters. The number of carbonyl (C=O) groups is 1. The van der Waals surface area contributed by atoms with E-state index in [0.717, 1.165) is 31.8 Å². The summed E-state index contributed by atoms with van der Waals surface area (Å²) in [5.41, 5.74) is 1.89. The van der Waals surface area contributed by atoms with Crippen molar-refractivity contribution in [3.05, 3.63) is 88.3 Å². The van der Waals surface area contributed by atoms with Crippen LogP contribution in [0, 0.1) is 0 Å². The Morgan fingerprint density at radius 2 is 1.71 bits per heavy atom. The van der Waals surface area contributed by atoms with Crippen LogP contribution in [0.1, 0.15) is 22.5 Å². The summed E-state index contributed by atoms with van der Waals surface area (Å²) < 4.78 is 6.50. The number of amides is 1. The largest absolute Gasteiger partial charge is 0.497 e. The van der Waals surface area contributed by atoms with Crippen LogP contribution in [0.15, 0.2) is 71.5 Å². The van der Waals surface area contributed by atoms with Crippen molar-refractivity contribution in [2.75, 3.05) is 33.3 Å². The van der Waals surface area contributed by atoms with E-state index < -0.39 is 0 Å². The number of para-hydroxylation sites is 1. The molecule has 1 aliphatic rings. The molecule has 2 heterocycles.